The van der Waals surface area contributed by atoms with E-state index in [2.05, 4.69) is 6.58 Å². The van der Waals surface area contributed by atoms with Crippen molar-refractivity contribution in [1.82, 2.24) is 0 Å². The van der Waals surface area contributed by atoms with Crippen molar-refractivity contribution >= 4 is 23.6 Å². The summed E-state index contributed by atoms with van der Waals surface area (Å²) in [7, 11) is 1.37. The molecule has 0 saturated heterocycles. The van der Waals surface area contributed by atoms with Crippen molar-refractivity contribution in [2.75, 3.05) is 12.2 Å². The van der Waals surface area contributed by atoms with Crippen molar-refractivity contribution in [2.24, 2.45) is 5.73 Å². The molecule has 2 amide bonds. The number of primary amides is 1. The third-order valence-corrected chi connectivity index (χ3v) is 2.04. The highest BCUT2D eigenvalue weighted by Crippen LogP contribution is 2.19. The van der Waals surface area contributed by atoms with Crippen LogP contribution in [0.1, 0.15) is 5.56 Å². The Morgan fingerprint density at radius 3 is 2.75 bits per heavy atom. The molecule has 0 aliphatic heterocycles. The Balaban J connectivity index is 3.08. The van der Waals surface area contributed by atoms with E-state index in [1.807, 2.05) is 0 Å². The van der Waals surface area contributed by atoms with Crippen LogP contribution in [0.15, 0.2) is 30.8 Å². The molecule has 0 atom stereocenters. The third kappa shape index (κ3) is 2.46. The number of hydrogen-bond acceptors (Lipinski definition) is 3. The summed E-state index contributed by atoms with van der Waals surface area (Å²) < 4.78 is 0. The summed E-state index contributed by atoms with van der Waals surface area (Å²) in [4.78, 5) is 26.4. The fourth-order valence-electron chi connectivity index (χ4n) is 1.18. The van der Waals surface area contributed by atoms with E-state index in [0.29, 0.717) is 17.7 Å². The van der Waals surface area contributed by atoms with E-state index in [4.69, 9.17) is 10.6 Å². The van der Waals surface area contributed by atoms with Crippen LogP contribution in [0.5, 0.6) is 0 Å². The fourth-order valence-corrected chi connectivity index (χ4v) is 1.18. The molecule has 84 valence electrons. The van der Waals surface area contributed by atoms with E-state index in [0.717, 1.165) is 5.06 Å². The quantitative estimate of drug-likeness (QED) is 0.451. The molecule has 0 aliphatic carbocycles. The Morgan fingerprint density at radius 2 is 2.25 bits per heavy atom. The molecule has 0 heterocycles. The van der Waals surface area contributed by atoms with E-state index < -0.39 is 5.91 Å². The van der Waals surface area contributed by atoms with Gasteiger partial charge in [0.25, 0.3) is 0 Å². The van der Waals surface area contributed by atoms with Crippen molar-refractivity contribution in [3.8, 4) is 0 Å². The van der Waals surface area contributed by atoms with Crippen molar-refractivity contribution in [3.63, 3.8) is 0 Å². The smallest absolute Gasteiger partial charge is 0.248 e. The molecule has 0 fully saturated rings. The maximum absolute atomic E-state index is 10.9. The minimum absolute atomic E-state index is 0.184. The lowest BCUT2D eigenvalue weighted by Crippen LogP contribution is -2.19. The average Bonchev–Trinajstić information content (AvgIpc) is 2.30. The third-order valence-electron chi connectivity index (χ3n) is 2.04. The highest BCUT2D eigenvalue weighted by molar-refractivity contribution is 6.18. The number of carbonyl (C=O) groups is 2. The van der Waals surface area contributed by atoms with E-state index in [1.54, 1.807) is 24.3 Å². The number of rotatable bonds is 5. The highest BCUT2D eigenvalue weighted by atomic mass is 16.7. The van der Waals surface area contributed by atoms with Gasteiger partial charge in [-0.15, -0.1) is 0 Å². The van der Waals surface area contributed by atoms with Crippen LogP contribution < -0.4 is 10.8 Å². The van der Waals surface area contributed by atoms with Gasteiger partial charge >= 0.3 is 0 Å². The summed E-state index contributed by atoms with van der Waals surface area (Å²) in [6.45, 7) is 3.55. The normalized spacial score (nSPS) is 9.56. The summed E-state index contributed by atoms with van der Waals surface area (Å²) in [5.74, 6) is -0.604. The minimum atomic E-state index is -0.604. The molecule has 1 rings (SSSR count). The van der Waals surface area contributed by atoms with Gasteiger partial charge in [0.1, 0.15) is 0 Å². The number of carbonyl (C=O) groups excluding carboxylic acids is 2. The highest BCUT2D eigenvalue weighted by Gasteiger charge is 2.08. The van der Waals surface area contributed by atoms with Gasteiger partial charge in [0.15, 0.2) is 0 Å². The second kappa shape index (κ2) is 5.09. The summed E-state index contributed by atoms with van der Waals surface area (Å²) >= 11 is 0. The first-order chi connectivity index (χ1) is 7.60. The number of hydrogen-bond donors (Lipinski definition) is 1. The van der Waals surface area contributed by atoms with Crippen LogP contribution in [0.25, 0.3) is 5.57 Å². The van der Waals surface area contributed by atoms with Crippen LogP contribution in [-0.4, -0.2) is 19.4 Å². The number of nitrogens with zero attached hydrogens (tertiary/aromatic N) is 1. The first-order valence-corrected chi connectivity index (χ1v) is 4.48. The predicted molar refractivity (Wildman–Crippen MR) is 60.2 cm³/mol. The predicted octanol–water partition coefficient (Wildman–Crippen LogP) is 0.709. The molecule has 0 radical (unpaired) electrons. The first-order valence-electron chi connectivity index (χ1n) is 4.48. The first kappa shape index (κ1) is 11.9. The van der Waals surface area contributed by atoms with Crippen LogP contribution >= 0.6 is 0 Å². The second-order valence-corrected chi connectivity index (χ2v) is 3.01. The maximum atomic E-state index is 10.9. The number of benzene rings is 1. The molecule has 0 bridgehead atoms. The summed E-state index contributed by atoms with van der Waals surface area (Å²) in [5, 5.41) is 1.03. The van der Waals surface area contributed by atoms with E-state index in [1.165, 1.54) is 7.11 Å². The SMILES string of the molecule is C=C(C(N)=O)c1cccc(N(C=O)OC)c1. The Bertz CT molecular complexity index is 429. The van der Waals surface area contributed by atoms with Crippen molar-refractivity contribution < 1.29 is 14.4 Å². The lowest BCUT2D eigenvalue weighted by atomic mass is 10.1. The Hall–Kier alpha value is -2.14. The van der Waals surface area contributed by atoms with Gasteiger partial charge in [-0.1, -0.05) is 18.7 Å². The Kier molecular flexibility index (Phi) is 3.79. The van der Waals surface area contributed by atoms with Gasteiger partial charge in [0.2, 0.25) is 12.3 Å². The van der Waals surface area contributed by atoms with Gasteiger partial charge in [-0.05, 0) is 17.7 Å². The monoisotopic (exact) mass is 220 g/mol. The van der Waals surface area contributed by atoms with Crippen molar-refractivity contribution in [1.29, 1.82) is 0 Å². The van der Waals surface area contributed by atoms with Gasteiger partial charge in [0.05, 0.1) is 12.8 Å². The van der Waals surface area contributed by atoms with Gasteiger partial charge in [0, 0.05) is 5.57 Å². The molecule has 0 aliphatic rings. The molecular formula is C11H12N2O3. The van der Waals surface area contributed by atoms with Crippen LogP contribution in [-0.2, 0) is 14.4 Å². The Morgan fingerprint density at radius 1 is 1.56 bits per heavy atom. The zero-order valence-electron chi connectivity index (χ0n) is 8.84. The largest absolute Gasteiger partial charge is 0.366 e. The number of nitrogens with two attached hydrogens (primary N) is 1. The van der Waals surface area contributed by atoms with Crippen molar-refractivity contribution in [2.45, 2.75) is 0 Å². The molecule has 1 aromatic rings. The molecule has 0 unspecified atom stereocenters. The van der Waals surface area contributed by atoms with E-state index in [9.17, 15) is 9.59 Å². The van der Waals surface area contributed by atoms with E-state index >= 15 is 0 Å². The molecule has 5 heteroatoms. The summed E-state index contributed by atoms with van der Waals surface area (Å²) in [5.41, 5.74) is 6.34. The lowest BCUT2D eigenvalue weighted by molar-refractivity contribution is -0.113. The fraction of sp³-hybridized carbons (Fsp3) is 0.0909. The molecule has 1 aromatic carbocycles. The molecule has 2 N–H and O–H groups in total. The van der Waals surface area contributed by atoms with Gasteiger partial charge in [-0.25, -0.2) is 0 Å². The van der Waals surface area contributed by atoms with Crippen LogP contribution in [0.3, 0.4) is 0 Å². The van der Waals surface area contributed by atoms with Crippen LogP contribution in [0.2, 0.25) is 0 Å². The standard InChI is InChI=1S/C11H12N2O3/c1-8(11(12)15)9-4-3-5-10(6-9)13(7-14)16-2/h3-7H,1H2,2H3,(H2,12,15). The molecule has 0 aromatic heterocycles. The molecule has 0 saturated carbocycles. The lowest BCUT2D eigenvalue weighted by Gasteiger charge is -2.14. The van der Waals surface area contributed by atoms with Crippen LogP contribution in [0, 0.1) is 0 Å². The number of anilines is 1. The summed E-state index contributed by atoms with van der Waals surface area (Å²) in [6, 6.07) is 6.60. The average molecular weight is 220 g/mol. The van der Waals surface area contributed by atoms with Crippen molar-refractivity contribution in [3.05, 3.63) is 36.4 Å². The number of hydroxylamine groups is 1. The van der Waals surface area contributed by atoms with Crippen LogP contribution in [0.4, 0.5) is 5.69 Å². The topological polar surface area (TPSA) is 72.6 Å². The second-order valence-electron chi connectivity index (χ2n) is 3.01. The van der Waals surface area contributed by atoms with E-state index in [-0.39, 0.29) is 5.57 Å². The van der Waals surface area contributed by atoms with Gasteiger partial charge in [-0.2, -0.15) is 5.06 Å². The van der Waals surface area contributed by atoms with Gasteiger partial charge < -0.3 is 5.73 Å². The maximum Gasteiger partial charge on any atom is 0.248 e. The zero-order valence-corrected chi connectivity index (χ0v) is 8.84. The molecule has 0 spiro atoms. The van der Waals surface area contributed by atoms with Gasteiger partial charge in [-0.3, -0.25) is 14.4 Å². The molecule has 5 nitrogen and oxygen atoms in total. The Labute approximate surface area is 93.1 Å². The molecular weight excluding hydrogens is 208 g/mol. The number of amides is 2. The molecule has 16 heavy (non-hydrogen) atoms. The minimum Gasteiger partial charge on any atom is -0.366 e. The summed E-state index contributed by atoms with van der Waals surface area (Å²) in [6.07, 6.45) is 0.520. The zero-order chi connectivity index (χ0) is 12.1.